The number of nitriles is 1. The summed E-state index contributed by atoms with van der Waals surface area (Å²) in [6.45, 7) is 0. The van der Waals surface area contributed by atoms with Crippen molar-refractivity contribution in [3.8, 4) is 62.7 Å². The second-order valence-corrected chi connectivity index (χ2v) is 14.3. The molecule has 6 nitrogen and oxygen atoms in total. The van der Waals surface area contributed by atoms with Crippen molar-refractivity contribution in [3.05, 3.63) is 200 Å². The summed E-state index contributed by atoms with van der Waals surface area (Å²) in [5.74, 6) is 1.65. The number of fused-ring (bicyclic) bond motifs is 7. The lowest BCUT2D eigenvalue weighted by atomic mass is 9.94. The van der Waals surface area contributed by atoms with Crippen LogP contribution < -0.4 is 0 Å². The fourth-order valence-electron chi connectivity index (χ4n) is 8.46. The zero-order valence-electron chi connectivity index (χ0n) is 31.2. The van der Waals surface area contributed by atoms with Crippen LogP contribution in [0.15, 0.2) is 194 Å². The first-order valence-corrected chi connectivity index (χ1v) is 19.3. The molecule has 8 aromatic carbocycles. The molecular formula is C52H32N6. The number of rotatable bonds is 6. The van der Waals surface area contributed by atoms with E-state index in [-0.39, 0.29) is 0 Å². The van der Waals surface area contributed by atoms with Crippen molar-refractivity contribution in [1.82, 2.24) is 24.1 Å². The molecule has 11 aromatic rings. The van der Waals surface area contributed by atoms with Crippen molar-refractivity contribution >= 4 is 43.6 Å². The highest BCUT2D eigenvalue weighted by Crippen LogP contribution is 2.45. The first kappa shape index (κ1) is 33.2. The summed E-state index contributed by atoms with van der Waals surface area (Å²) >= 11 is 0. The Morgan fingerprint density at radius 3 is 1.50 bits per heavy atom. The van der Waals surface area contributed by atoms with Crippen molar-refractivity contribution in [2.75, 3.05) is 0 Å². The minimum atomic E-state index is 0.505. The second-order valence-electron chi connectivity index (χ2n) is 14.3. The van der Waals surface area contributed by atoms with Gasteiger partial charge in [-0.05, 0) is 48.0 Å². The molecule has 6 heteroatoms. The van der Waals surface area contributed by atoms with E-state index in [9.17, 15) is 5.26 Å². The molecule has 58 heavy (non-hydrogen) atoms. The SMILES string of the molecule is N#Cc1cc(-c2nc(-c3ccccc3)nc(-c3ccccc3)n2)ccc1-c1cccc2c1c1ccc3c4ccccc4n(-c4ccccc4)c3c1n2-c1ccccc1. The molecule has 0 amide bonds. The summed E-state index contributed by atoms with van der Waals surface area (Å²) in [6.07, 6.45) is 0. The minimum absolute atomic E-state index is 0.505. The van der Waals surface area contributed by atoms with Gasteiger partial charge < -0.3 is 9.13 Å². The molecule has 0 aliphatic rings. The standard InChI is InChI=1S/C52H32N6/c53-33-37-32-36(52-55-50(34-16-5-1-6-17-34)54-51(56-52)35-18-7-2-8-19-35)28-29-40(37)42-25-15-27-46-47(42)44-31-30-43-41-24-13-14-26-45(41)57(38-20-9-3-10-21-38)48(43)49(44)58(46)39-22-11-4-12-23-39/h1-32H. The average molecular weight is 741 g/mol. The van der Waals surface area contributed by atoms with Crippen molar-refractivity contribution in [2.24, 2.45) is 0 Å². The van der Waals surface area contributed by atoms with Crippen molar-refractivity contribution in [2.45, 2.75) is 0 Å². The summed E-state index contributed by atoms with van der Waals surface area (Å²) in [7, 11) is 0. The molecule has 0 spiro atoms. The highest BCUT2D eigenvalue weighted by atomic mass is 15.0. The van der Waals surface area contributed by atoms with Crippen molar-refractivity contribution in [1.29, 1.82) is 5.26 Å². The molecule has 0 aliphatic carbocycles. The Bertz CT molecular complexity index is 3320. The number of nitrogens with zero attached hydrogens (tertiary/aromatic N) is 6. The summed E-state index contributed by atoms with van der Waals surface area (Å²) in [6, 6.07) is 69.1. The third kappa shape index (κ3) is 5.30. The van der Waals surface area contributed by atoms with E-state index in [0.29, 0.717) is 23.0 Å². The number of hydrogen-bond acceptors (Lipinski definition) is 4. The lowest BCUT2D eigenvalue weighted by Crippen LogP contribution is -2.00. The predicted octanol–water partition coefficient (Wildman–Crippen LogP) is 12.6. The quantitative estimate of drug-likeness (QED) is 0.170. The normalized spacial score (nSPS) is 11.4. The molecule has 0 bridgehead atoms. The Hall–Kier alpha value is -8.14. The molecule has 0 unspecified atom stereocenters. The molecule has 0 saturated heterocycles. The van der Waals surface area contributed by atoms with Crippen LogP contribution in [0.1, 0.15) is 5.56 Å². The van der Waals surface area contributed by atoms with Crippen LogP contribution in [0.25, 0.3) is 100 Å². The van der Waals surface area contributed by atoms with E-state index in [1.807, 2.05) is 78.9 Å². The smallest absolute Gasteiger partial charge is 0.164 e. The maximum Gasteiger partial charge on any atom is 0.164 e. The summed E-state index contributed by atoms with van der Waals surface area (Å²) in [5.41, 5.74) is 11.5. The van der Waals surface area contributed by atoms with Gasteiger partial charge in [0.05, 0.1) is 33.7 Å². The Labute approximate surface area is 334 Å². The Kier molecular flexibility index (Phi) is 7.76. The van der Waals surface area contributed by atoms with Crippen LogP contribution in [0.5, 0.6) is 0 Å². The van der Waals surface area contributed by atoms with Gasteiger partial charge in [0.1, 0.15) is 0 Å². The fourth-order valence-corrected chi connectivity index (χ4v) is 8.46. The van der Waals surface area contributed by atoms with Gasteiger partial charge in [0.25, 0.3) is 0 Å². The third-order valence-electron chi connectivity index (χ3n) is 11.0. The minimum Gasteiger partial charge on any atom is -0.307 e. The summed E-state index contributed by atoms with van der Waals surface area (Å²) < 4.78 is 4.78. The van der Waals surface area contributed by atoms with E-state index in [1.54, 1.807) is 0 Å². The van der Waals surface area contributed by atoms with Crippen molar-refractivity contribution < 1.29 is 0 Å². The first-order valence-electron chi connectivity index (χ1n) is 19.3. The monoisotopic (exact) mass is 740 g/mol. The lowest BCUT2D eigenvalue weighted by molar-refractivity contribution is 1.07. The van der Waals surface area contributed by atoms with Gasteiger partial charge >= 0.3 is 0 Å². The van der Waals surface area contributed by atoms with E-state index < -0.39 is 0 Å². The molecule has 0 saturated carbocycles. The Morgan fingerprint density at radius 2 is 0.879 bits per heavy atom. The van der Waals surface area contributed by atoms with Crippen LogP contribution in [-0.4, -0.2) is 24.1 Å². The van der Waals surface area contributed by atoms with Gasteiger partial charge in [0.15, 0.2) is 17.5 Å². The molecule has 0 radical (unpaired) electrons. The van der Waals surface area contributed by atoms with Gasteiger partial charge in [-0.2, -0.15) is 5.26 Å². The second kappa shape index (κ2) is 13.6. The molecular weight excluding hydrogens is 709 g/mol. The maximum absolute atomic E-state index is 10.9. The fraction of sp³-hybridized carbons (Fsp3) is 0. The van der Waals surface area contributed by atoms with Gasteiger partial charge in [-0.25, -0.2) is 15.0 Å². The van der Waals surface area contributed by atoms with Crippen LogP contribution >= 0.6 is 0 Å². The van der Waals surface area contributed by atoms with Crippen molar-refractivity contribution in [3.63, 3.8) is 0 Å². The summed E-state index contributed by atoms with van der Waals surface area (Å²) in [5, 5.41) is 15.4. The van der Waals surface area contributed by atoms with Crippen LogP contribution in [0.2, 0.25) is 0 Å². The van der Waals surface area contributed by atoms with E-state index in [2.05, 4.69) is 130 Å². The van der Waals surface area contributed by atoms with Gasteiger partial charge in [0, 0.05) is 55.2 Å². The largest absolute Gasteiger partial charge is 0.307 e. The molecule has 3 heterocycles. The zero-order chi connectivity index (χ0) is 38.6. The highest BCUT2D eigenvalue weighted by molar-refractivity contribution is 6.26. The summed E-state index contributed by atoms with van der Waals surface area (Å²) in [4.78, 5) is 14.8. The molecule has 0 fully saturated rings. The van der Waals surface area contributed by atoms with Gasteiger partial charge in [-0.15, -0.1) is 0 Å². The van der Waals surface area contributed by atoms with Gasteiger partial charge in [0.2, 0.25) is 0 Å². The Morgan fingerprint density at radius 1 is 0.379 bits per heavy atom. The lowest BCUT2D eigenvalue weighted by Gasteiger charge is -2.12. The van der Waals surface area contributed by atoms with Crippen LogP contribution in [-0.2, 0) is 0 Å². The highest BCUT2D eigenvalue weighted by Gasteiger charge is 2.24. The van der Waals surface area contributed by atoms with Gasteiger partial charge in [-0.3, -0.25) is 0 Å². The average Bonchev–Trinajstić information content (AvgIpc) is 3.83. The van der Waals surface area contributed by atoms with Crippen LogP contribution in [0.4, 0.5) is 0 Å². The van der Waals surface area contributed by atoms with E-state index >= 15 is 0 Å². The maximum atomic E-state index is 10.9. The predicted molar refractivity (Wildman–Crippen MR) is 235 cm³/mol. The van der Waals surface area contributed by atoms with E-state index in [0.717, 1.165) is 72.0 Å². The Balaban J connectivity index is 1.17. The molecule has 0 aliphatic heterocycles. The topological polar surface area (TPSA) is 72.3 Å². The molecule has 11 rings (SSSR count). The van der Waals surface area contributed by atoms with Crippen LogP contribution in [0.3, 0.4) is 0 Å². The van der Waals surface area contributed by atoms with E-state index in [1.165, 1.54) is 10.8 Å². The molecule has 0 atom stereocenters. The molecule has 3 aromatic heterocycles. The molecule has 270 valence electrons. The van der Waals surface area contributed by atoms with Crippen LogP contribution in [0, 0.1) is 11.3 Å². The zero-order valence-corrected chi connectivity index (χ0v) is 31.2. The number of benzene rings is 8. The van der Waals surface area contributed by atoms with Gasteiger partial charge in [-0.1, -0.05) is 152 Å². The number of hydrogen-bond donors (Lipinski definition) is 0. The third-order valence-corrected chi connectivity index (χ3v) is 11.0. The van der Waals surface area contributed by atoms with E-state index in [4.69, 9.17) is 15.0 Å². The molecule has 0 N–H and O–H groups in total. The number of aromatic nitrogens is 5. The first-order chi connectivity index (χ1) is 28.7. The number of para-hydroxylation sites is 3.